The molecule has 21 heavy (non-hydrogen) atoms. The molecule has 0 saturated carbocycles. The molecule has 0 spiro atoms. The van der Waals surface area contributed by atoms with Crippen molar-refractivity contribution in [3.63, 3.8) is 0 Å². The first-order chi connectivity index (χ1) is 9.61. The summed E-state index contributed by atoms with van der Waals surface area (Å²) in [6.45, 7) is 5.66. The van der Waals surface area contributed by atoms with Crippen LogP contribution in [0.25, 0.3) is 0 Å². The molecule has 0 unspecified atom stereocenters. The summed E-state index contributed by atoms with van der Waals surface area (Å²) in [6.07, 6.45) is 1.28. The third-order valence-electron chi connectivity index (χ3n) is 3.02. The molecule has 7 heteroatoms. The number of benzene rings is 1. The Balaban J connectivity index is 2.65. The van der Waals surface area contributed by atoms with Crippen molar-refractivity contribution < 1.29 is 13.2 Å². The van der Waals surface area contributed by atoms with E-state index in [0.29, 0.717) is 0 Å². The van der Waals surface area contributed by atoms with Gasteiger partial charge >= 0.3 is 0 Å². The summed E-state index contributed by atoms with van der Waals surface area (Å²) in [5.41, 5.74) is 1.68. The van der Waals surface area contributed by atoms with Crippen LogP contribution in [0.4, 0.5) is 5.69 Å². The number of rotatable bonds is 6. The molecule has 0 atom stereocenters. The highest BCUT2D eigenvalue weighted by Crippen LogP contribution is 2.20. The van der Waals surface area contributed by atoms with Crippen LogP contribution in [-0.2, 0) is 14.8 Å². The third-order valence-corrected chi connectivity index (χ3v) is 4.97. The second-order valence-electron chi connectivity index (χ2n) is 5.22. The normalized spacial score (nSPS) is 12.0. The maximum Gasteiger partial charge on any atom is 0.225 e. The van der Waals surface area contributed by atoms with Crippen molar-refractivity contribution in [2.24, 2.45) is 0 Å². The van der Waals surface area contributed by atoms with Crippen LogP contribution in [0.2, 0.25) is 0 Å². The van der Waals surface area contributed by atoms with Crippen molar-refractivity contribution in [2.45, 2.75) is 33.2 Å². The van der Waals surface area contributed by atoms with Crippen LogP contribution < -0.4 is 5.32 Å². The SMILES string of the molecule is Cc1cc(Br)ccc1NC(=O)CCN(C(C)C)S(C)(=O)=O. The van der Waals surface area contributed by atoms with Crippen LogP contribution in [0.1, 0.15) is 25.8 Å². The fourth-order valence-electron chi connectivity index (χ4n) is 2.00. The number of halogens is 1. The number of hydrogen-bond donors (Lipinski definition) is 1. The monoisotopic (exact) mass is 376 g/mol. The summed E-state index contributed by atoms with van der Waals surface area (Å²) in [6, 6.07) is 5.40. The lowest BCUT2D eigenvalue weighted by Crippen LogP contribution is -2.38. The Kier molecular flexibility index (Phi) is 6.37. The Hall–Kier alpha value is -0.920. The zero-order valence-corrected chi connectivity index (χ0v) is 15.1. The van der Waals surface area contributed by atoms with Crippen molar-refractivity contribution in [3.8, 4) is 0 Å². The second-order valence-corrected chi connectivity index (χ2v) is 8.08. The molecule has 0 aliphatic carbocycles. The van der Waals surface area contributed by atoms with Crippen molar-refractivity contribution in [1.29, 1.82) is 0 Å². The van der Waals surface area contributed by atoms with Gasteiger partial charge in [-0.1, -0.05) is 15.9 Å². The molecule has 1 aromatic carbocycles. The summed E-state index contributed by atoms with van der Waals surface area (Å²) in [7, 11) is -3.30. The standard InChI is InChI=1S/C14H21BrN2O3S/c1-10(2)17(21(4,19)20)8-7-14(18)16-13-6-5-12(15)9-11(13)3/h5-6,9-10H,7-8H2,1-4H3,(H,16,18). The minimum atomic E-state index is -3.30. The molecule has 118 valence electrons. The first-order valence-electron chi connectivity index (χ1n) is 6.64. The number of carbonyl (C=O) groups is 1. The van der Waals surface area contributed by atoms with E-state index in [0.717, 1.165) is 22.0 Å². The summed E-state index contributed by atoms with van der Waals surface area (Å²) in [5.74, 6) is -0.199. The van der Waals surface area contributed by atoms with Crippen molar-refractivity contribution in [3.05, 3.63) is 28.2 Å². The fraction of sp³-hybridized carbons (Fsp3) is 0.500. The van der Waals surface area contributed by atoms with E-state index in [2.05, 4.69) is 21.2 Å². The van der Waals surface area contributed by atoms with E-state index in [1.807, 2.05) is 25.1 Å². The number of anilines is 1. The van der Waals surface area contributed by atoms with Gasteiger partial charge in [-0.15, -0.1) is 0 Å². The van der Waals surface area contributed by atoms with Crippen LogP contribution in [0, 0.1) is 6.92 Å². The first-order valence-corrected chi connectivity index (χ1v) is 9.28. The number of hydrogen-bond acceptors (Lipinski definition) is 3. The third kappa shape index (κ3) is 5.76. The van der Waals surface area contributed by atoms with Gasteiger partial charge in [0, 0.05) is 29.2 Å². The zero-order valence-electron chi connectivity index (χ0n) is 12.7. The van der Waals surface area contributed by atoms with Gasteiger partial charge in [-0.05, 0) is 44.5 Å². The second kappa shape index (κ2) is 7.38. The average molecular weight is 377 g/mol. The summed E-state index contributed by atoms with van der Waals surface area (Å²) in [4.78, 5) is 12.0. The number of amides is 1. The van der Waals surface area contributed by atoms with E-state index < -0.39 is 10.0 Å². The van der Waals surface area contributed by atoms with E-state index >= 15 is 0 Å². The molecule has 0 heterocycles. The van der Waals surface area contributed by atoms with Gasteiger partial charge in [-0.2, -0.15) is 4.31 Å². The molecular weight excluding hydrogens is 356 g/mol. The molecule has 1 N–H and O–H groups in total. The van der Waals surface area contributed by atoms with Crippen molar-refractivity contribution in [1.82, 2.24) is 4.31 Å². The number of sulfonamides is 1. The molecule has 0 aliphatic rings. The molecule has 0 fully saturated rings. The number of aryl methyl sites for hydroxylation is 1. The Bertz CT molecular complexity index is 615. The lowest BCUT2D eigenvalue weighted by Gasteiger charge is -2.23. The van der Waals surface area contributed by atoms with Gasteiger partial charge in [0.2, 0.25) is 15.9 Å². The highest BCUT2D eigenvalue weighted by Gasteiger charge is 2.20. The van der Waals surface area contributed by atoms with Crippen molar-refractivity contribution in [2.75, 3.05) is 18.1 Å². The number of carbonyl (C=O) groups excluding carboxylic acids is 1. The summed E-state index contributed by atoms with van der Waals surface area (Å²) >= 11 is 3.36. The van der Waals surface area contributed by atoms with Crippen LogP contribution in [-0.4, -0.2) is 37.5 Å². The molecule has 0 aromatic heterocycles. The number of nitrogens with one attached hydrogen (secondary N) is 1. The van der Waals surface area contributed by atoms with Crippen molar-refractivity contribution >= 4 is 37.5 Å². The minimum absolute atomic E-state index is 0.126. The molecule has 0 bridgehead atoms. The predicted octanol–water partition coefficient (Wildman–Crippen LogP) is 2.76. The lowest BCUT2D eigenvalue weighted by molar-refractivity contribution is -0.116. The Morgan fingerprint density at radius 3 is 2.48 bits per heavy atom. The quantitative estimate of drug-likeness (QED) is 0.829. The van der Waals surface area contributed by atoms with Crippen LogP contribution in [0.3, 0.4) is 0 Å². The van der Waals surface area contributed by atoms with Gasteiger partial charge in [0.15, 0.2) is 0 Å². The van der Waals surface area contributed by atoms with Gasteiger partial charge in [0.05, 0.1) is 6.26 Å². The predicted molar refractivity (Wildman–Crippen MR) is 88.8 cm³/mol. The maximum atomic E-state index is 12.0. The molecule has 5 nitrogen and oxygen atoms in total. The Morgan fingerprint density at radius 1 is 1.38 bits per heavy atom. The fourth-order valence-corrected chi connectivity index (χ4v) is 3.66. The van der Waals surface area contributed by atoms with Gasteiger partial charge < -0.3 is 5.32 Å². The number of nitrogens with zero attached hydrogens (tertiary/aromatic N) is 1. The molecular formula is C14H21BrN2O3S. The van der Waals surface area contributed by atoms with E-state index in [1.54, 1.807) is 13.8 Å². The lowest BCUT2D eigenvalue weighted by atomic mass is 10.2. The molecule has 0 aliphatic heterocycles. The van der Waals surface area contributed by atoms with Crippen LogP contribution >= 0.6 is 15.9 Å². The highest BCUT2D eigenvalue weighted by molar-refractivity contribution is 9.10. The minimum Gasteiger partial charge on any atom is -0.326 e. The van der Waals surface area contributed by atoms with Crippen LogP contribution in [0.15, 0.2) is 22.7 Å². The molecule has 1 amide bonds. The van der Waals surface area contributed by atoms with E-state index in [1.165, 1.54) is 4.31 Å². The molecule has 0 saturated heterocycles. The Labute approximate surface area is 134 Å². The van der Waals surface area contributed by atoms with E-state index in [9.17, 15) is 13.2 Å². The van der Waals surface area contributed by atoms with Gasteiger partial charge in [-0.25, -0.2) is 8.42 Å². The smallest absolute Gasteiger partial charge is 0.225 e. The maximum absolute atomic E-state index is 12.0. The zero-order chi connectivity index (χ0) is 16.2. The van der Waals surface area contributed by atoms with Gasteiger partial charge in [0.25, 0.3) is 0 Å². The molecule has 0 radical (unpaired) electrons. The first kappa shape index (κ1) is 18.1. The molecule has 1 rings (SSSR count). The van der Waals surface area contributed by atoms with E-state index in [-0.39, 0.29) is 24.9 Å². The van der Waals surface area contributed by atoms with Gasteiger partial charge in [-0.3, -0.25) is 4.79 Å². The summed E-state index contributed by atoms with van der Waals surface area (Å²) < 4.78 is 25.5. The average Bonchev–Trinajstić information content (AvgIpc) is 2.30. The topological polar surface area (TPSA) is 66.5 Å². The van der Waals surface area contributed by atoms with E-state index in [4.69, 9.17) is 0 Å². The van der Waals surface area contributed by atoms with Gasteiger partial charge in [0.1, 0.15) is 0 Å². The highest BCUT2D eigenvalue weighted by atomic mass is 79.9. The summed E-state index contributed by atoms with van der Waals surface area (Å²) in [5, 5.41) is 2.80. The van der Waals surface area contributed by atoms with Crippen LogP contribution in [0.5, 0.6) is 0 Å². The molecule has 1 aromatic rings. The Morgan fingerprint density at radius 2 is 2.00 bits per heavy atom. The largest absolute Gasteiger partial charge is 0.326 e.